The van der Waals surface area contributed by atoms with Crippen molar-refractivity contribution in [3.05, 3.63) is 54.0 Å². The molecule has 1 aromatic heterocycles. The Balaban J connectivity index is 2.00. The fourth-order valence-corrected chi connectivity index (χ4v) is 2.58. The molecule has 0 bridgehead atoms. The number of rotatable bonds is 3. The topological polar surface area (TPSA) is 25.0 Å². The summed E-state index contributed by atoms with van der Waals surface area (Å²) in [5.41, 5.74) is 1.76. The van der Waals surface area contributed by atoms with E-state index < -0.39 is 0 Å². The average Bonchev–Trinajstić information content (AvgIpc) is 2.76. The van der Waals surface area contributed by atoms with E-state index in [-0.39, 0.29) is 5.82 Å². The maximum Gasteiger partial charge on any atom is 0.155 e. The van der Waals surface area contributed by atoms with Gasteiger partial charge in [0.25, 0.3) is 0 Å². The molecular formula is C16H14FNOS. The number of H-pyrrole nitrogens is 1. The van der Waals surface area contributed by atoms with Gasteiger partial charge in [-0.2, -0.15) is 0 Å². The third-order valence-electron chi connectivity index (χ3n) is 3.17. The van der Waals surface area contributed by atoms with Crippen LogP contribution >= 0.6 is 11.8 Å². The van der Waals surface area contributed by atoms with E-state index in [0.717, 1.165) is 22.3 Å². The molecule has 1 N–H and O–H groups in total. The van der Waals surface area contributed by atoms with Gasteiger partial charge in [0.05, 0.1) is 5.69 Å². The van der Waals surface area contributed by atoms with E-state index in [0.29, 0.717) is 5.75 Å². The van der Waals surface area contributed by atoms with Gasteiger partial charge < -0.3 is 9.72 Å². The van der Waals surface area contributed by atoms with Crippen LogP contribution in [0.2, 0.25) is 0 Å². The van der Waals surface area contributed by atoms with Gasteiger partial charge in [-0.3, -0.25) is 0 Å². The molecule has 0 unspecified atom stereocenters. The molecule has 0 saturated heterocycles. The Morgan fingerprint density at radius 3 is 2.55 bits per heavy atom. The molecule has 1 heterocycles. The number of hydrogen-bond acceptors (Lipinski definition) is 2. The molecular weight excluding hydrogens is 273 g/mol. The molecule has 2 aromatic carbocycles. The summed E-state index contributed by atoms with van der Waals surface area (Å²) in [5.74, 6) is 1.16. The van der Waals surface area contributed by atoms with Gasteiger partial charge in [-0.05, 0) is 55.6 Å². The maximum atomic E-state index is 13.4. The highest BCUT2D eigenvalue weighted by Gasteiger charge is 2.11. The average molecular weight is 287 g/mol. The van der Waals surface area contributed by atoms with Gasteiger partial charge in [0.1, 0.15) is 11.6 Å². The van der Waals surface area contributed by atoms with Gasteiger partial charge in [-0.1, -0.05) is 0 Å². The number of nitrogens with one attached hydrogen (secondary N) is 1. The largest absolute Gasteiger partial charge is 0.455 e. The molecule has 20 heavy (non-hydrogen) atoms. The Morgan fingerprint density at radius 2 is 1.85 bits per heavy atom. The van der Waals surface area contributed by atoms with Gasteiger partial charge in [0.15, 0.2) is 5.75 Å². The van der Waals surface area contributed by atoms with Crippen LogP contribution in [0.1, 0.15) is 5.69 Å². The van der Waals surface area contributed by atoms with E-state index >= 15 is 0 Å². The van der Waals surface area contributed by atoms with Gasteiger partial charge >= 0.3 is 0 Å². The first-order valence-electron chi connectivity index (χ1n) is 6.27. The number of aryl methyl sites for hydroxylation is 1. The number of aromatic amines is 1. The summed E-state index contributed by atoms with van der Waals surface area (Å²) in [6.45, 7) is 1.92. The van der Waals surface area contributed by atoms with E-state index in [2.05, 4.69) is 4.98 Å². The van der Waals surface area contributed by atoms with Crippen LogP contribution in [0, 0.1) is 12.7 Å². The van der Waals surface area contributed by atoms with Crippen molar-refractivity contribution < 1.29 is 9.13 Å². The zero-order valence-electron chi connectivity index (χ0n) is 11.2. The molecule has 0 aliphatic heterocycles. The molecule has 0 aliphatic carbocycles. The lowest BCUT2D eigenvalue weighted by molar-refractivity contribution is 0.483. The van der Waals surface area contributed by atoms with Gasteiger partial charge in [-0.15, -0.1) is 11.8 Å². The molecule has 0 aliphatic rings. The van der Waals surface area contributed by atoms with Crippen LogP contribution in [-0.4, -0.2) is 11.2 Å². The van der Waals surface area contributed by atoms with Crippen LogP contribution in [0.15, 0.2) is 47.4 Å². The van der Waals surface area contributed by atoms with Crippen molar-refractivity contribution in [1.29, 1.82) is 0 Å². The van der Waals surface area contributed by atoms with E-state index in [1.807, 2.05) is 37.4 Å². The molecule has 0 saturated carbocycles. The minimum Gasteiger partial charge on any atom is -0.455 e. The van der Waals surface area contributed by atoms with E-state index in [1.165, 1.54) is 17.0 Å². The second-order valence-corrected chi connectivity index (χ2v) is 5.43. The van der Waals surface area contributed by atoms with Crippen LogP contribution in [0.4, 0.5) is 4.39 Å². The third-order valence-corrected chi connectivity index (χ3v) is 3.91. The van der Waals surface area contributed by atoms with E-state index in [9.17, 15) is 4.39 Å². The van der Waals surface area contributed by atoms with Gasteiger partial charge in [0.2, 0.25) is 0 Å². The van der Waals surface area contributed by atoms with Crippen LogP contribution < -0.4 is 4.74 Å². The molecule has 0 fully saturated rings. The highest BCUT2D eigenvalue weighted by atomic mass is 32.2. The quantitative estimate of drug-likeness (QED) is 0.675. The molecule has 0 spiro atoms. The first kappa shape index (κ1) is 13.1. The molecule has 0 amide bonds. The van der Waals surface area contributed by atoms with Crippen LogP contribution in [0.5, 0.6) is 11.5 Å². The zero-order chi connectivity index (χ0) is 14.1. The third kappa shape index (κ3) is 2.39. The van der Waals surface area contributed by atoms with Gasteiger partial charge in [0, 0.05) is 15.8 Å². The minimum absolute atomic E-state index is 0.265. The van der Waals surface area contributed by atoms with Crippen molar-refractivity contribution in [2.75, 3.05) is 6.26 Å². The lowest BCUT2D eigenvalue weighted by Gasteiger charge is -2.06. The second-order valence-electron chi connectivity index (χ2n) is 4.55. The first-order chi connectivity index (χ1) is 9.67. The molecule has 0 atom stereocenters. The molecule has 3 rings (SSSR count). The number of fused-ring (bicyclic) bond motifs is 1. The second kappa shape index (κ2) is 5.21. The number of thioether (sulfide) groups is 1. The first-order valence-corrected chi connectivity index (χ1v) is 7.49. The number of hydrogen-bond donors (Lipinski definition) is 1. The lowest BCUT2D eigenvalue weighted by atomic mass is 10.2. The van der Waals surface area contributed by atoms with Crippen LogP contribution in [0.25, 0.3) is 10.9 Å². The van der Waals surface area contributed by atoms with Crippen molar-refractivity contribution in [2.24, 2.45) is 0 Å². The highest BCUT2D eigenvalue weighted by molar-refractivity contribution is 7.98. The van der Waals surface area contributed by atoms with E-state index in [4.69, 9.17) is 4.74 Å². The van der Waals surface area contributed by atoms with Gasteiger partial charge in [-0.25, -0.2) is 4.39 Å². The predicted octanol–water partition coefficient (Wildman–Crippen LogP) is 5.13. The van der Waals surface area contributed by atoms with E-state index in [1.54, 1.807) is 17.8 Å². The van der Waals surface area contributed by atoms with Crippen molar-refractivity contribution >= 4 is 22.7 Å². The van der Waals surface area contributed by atoms with Crippen molar-refractivity contribution in [3.63, 3.8) is 0 Å². The summed E-state index contributed by atoms with van der Waals surface area (Å²) in [4.78, 5) is 4.38. The Hall–Kier alpha value is -1.94. The number of ether oxygens (including phenoxy) is 1. The standard InChI is InChI=1S/C16H14FNOS/c1-10-16(14-9-11(17)3-8-15(14)18-10)19-12-4-6-13(20-2)7-5-12/h3-9,18H,1-2H3. The summed E-state index contributed by atoms with van der Waals surface area (Å²) < 4.78 is 19.3. The summed E-state index contributed by atoms with van der Waals surface area (Å²) in [6.07, 6.45) is 2.03. The molecule has 3 aromatic rings. The Labute approximate surface area is 121 Å². The van der Waals surface area contributed by atoms with Crippen LogP contribution in [0.3, 0.4) is 0 Å². The smallest absolute Gasteiger partial charge is 0.155 e. The molecule has 0 radical (unpaired) electrons. The predicted molar refractivity (Wildman–Crippen MR) is 81.3 cm³/mol. The lowest BCUT2D eigenvalue weighted by Crippen LogP contribution is -1.85. The number of aromatic nitrogens is 1. The fraction of sp³-hybridized carbons (Fsp3) is 0.125. The van der Waals surface area contributed by atoms with Crippen LogP contribution in [-0.2, 0) is 0 Å². The van der Waals surface area contributed by atoms with Crippen molar-refractivity contribution in [2.45, 2.75) is 11.8 Å². The fourth-order valence-electron chi connectivity index (χ4n) is 2.17. The number of benzene rings is 2. The summed E-state index contributed by atoms with van der Waals surface area (Å²) in [6, 6.07) is 12.5. The minimum atomic E-state index is -0.265. The monoisotopic (exact) mass is 287 g/mol. The summed E-state index contributed by atoms with van der Waals surface area (Å²) in [7, 11) is 0. The highest BCUT2D eigenvalue weighted by Crippen LogP contribution is 2.34. The van der Waals surface area contributed by atoms with Crippen molar-refractivity contribution in [1.82, 2.24) is 4.98 Å². The van der Waals surface area contributed by atoms with Crippen molar-refractivity contribution in [3.8, 4) is 11.5 Å². The zero-order valence-corrected chi connectivity index (χ0v) is 12.1. The Kier molecular flexibility index (Phi) is 3.40. The Bertz CT molecular complexity index is 749. The Morgan fingerprint density at radius 1 is 1.10 bits per heavy atom. The summed E-state index contributed by atoms with van der Waals surface area (Å²) >= 11 is 1.68. The molecule has 2 nitrogen and oxygen atoms in total. The molecule has 4 heteroatoms. The normalized spacial score (nSPS) is 10.9. The maximum absolute atomic E-state index is 13.4. The number of halogens is 1. The SMILES string of the molecule is CSc1ccc(Oc2c(C)[nH]c3ccc(F)cc23)cc1. The molecule has 102 valence electrons. The summed E-state index contributed by atoms with van der Waals surface area (Å²) in [5, 5.41) is 0.761.